The Labute approximate surface area is 158 Å². The van der Waals surface area contributed by atoms with E-state index in [-0.39, 0.29) is 29.1 Å². The minimum absolute atomic E-state index is 0.0506. The molecule has 27 heavy (non-hydrogen) atoms. The highest BCUT2D eigenvalue weighted by atomic mass is 32.2. The van der Waals surface area contributed by atoms with Crippen molar-refractivity contribution < 1.29 is 18.1 Å². The van der Waals surface area contributed by atoms with Crippen LogP contribution in [0, 0.1) is 16.0 Å². The van der Waals surface area contributed by atoms with Crippen LogP contribution < -0.4 is 11.1 Å². The first kappa shape index (κ1) is 19.7. The maximum absolute atomic E-state index is 13.0. The van der Waals surface area contributed by atoms with Crippen LogP contribution in [0.15, 0.2) is 29.2 Å². The molecule has 1 aromatic carbocycles. The molecule has 2 atom stereocenters. The Morgan fingerprint density at radius 3 is 2.48 bits per heavy atom. The first-order valence-electron chi connectivity index (χ1n) is 9.11. The standard InChI is InChI=1S/C17H24N4O5S/c18-11-15(12-4-5-12)19-17(22)16-3-1-2-10-20(16)27(25,26)14-8-6-13(7-9-14)21(23)24/h6-9,12,15-16H,1-5,10-11,18H2,(H,19,22). The molecule has 10 heteroatoms. The largest absolute Gasteiger partial charge is 0.350 e. The number of sulfonamides is 1. The molecule has 1 aromatic rings. The van der Waals surface area contributed by atoms with Crippen LogP contribution in [0.1, 0.15) is 32.1 Å². The second-order valence-electron chi connectivity index (χ2n) is 7.07. The summed E-state index contributed by atoms with van der Waals surface area (Å²) in [6.07, 6.45) is 3.93. The van der Waals surface area contributed by atoms with Crippen molar-refractivity contribution in [3.8, 4) is 0 Å². The number of benzene rings is 1. The predicted octanol–water partition coefficient (Wildman–Crippen LogP) is 0.992. The molecule has 0 bridgehead atoms. The van der Waals surface area contributed by atoms with Gasteiger partial charge in [-0.05, 0) is 43.7 Å². The van der Waals surface area contributed by atoms with Gasteiger partial charge >= 0.3 is 0 Å². The van der Waals surface area contributed by atoms with Crippen LogP contribution in [0.4, 0.5) is 5.69 Å². The fourth-order valence-corrected chi connectivity index (χ4v) is 5.13. The molecule has 9 nitrogen and oxygen atoms in total. The zero-order valence-corrected chi connectivity index (χ0v) is 15.7. The number of non-ortho nitro benzene ring substituents is 1. The first-order chi connectivity index (χ1) is 12.8. The molecular formula is C17H24N4O5S. The van der Waals surface area contributed by atoms with Crippen LogP contribution in [0.5, 0.6) is 0 Å². The lowest BCUT2D eigenvalue weighted by Crippen LogP contribution is -2.55. The Morgan fingerprint density at radius 1 is 1.26 bits per heavy atom. The molecule has 1 saturated heterocycles. The Bertz CT molecular complexity index is 807. The summed E-state index contributed by atoms with van der Waals surface area (Å²) in [6, 6.07) is 3.83. The molecule has 1 amide bonds. The van der Waals surface area contributed by atoms with E-state index < -0.39 is 21.0 Å². The van der Waals surface area contributed by atoms with Gasteiger partial charge in [-0.15, -0.1) is 0 Å². The second-order valence-corrected chi connectivity index (χ2v) is 8.96. The average Bonchev–Trinajstić information content (AvgIpc) is 3.51. The smallest absolute Gasteiger partial charge is 0.269 e. The van der Waals surface area contributed by atoms with Gasteiger partial charge in [0.1, 0.15) is 6.04 Å². The van der Waals surface area contributed by atoms with Crippen molar-refractivity contribution in [2.75, 3.05) is 13.1 Å². The van der Waals surface area contributed by atoms with E-state index in [1.54, 1.807) is 0 Å². The zero-order valence-electron chi connectivity index (χ0n) is 14.9. The number of carbonyl (C=O) groups excluding carboxylic acids is 1. The van der Waals surface area contributed by atoms with Crippen LogP contribution in [0.2, 0.25) is 0 Å². The number of hydrogen-bond acceptors (Lipinski definition) is 6. The zero-order chi connectivity index (χ0) is 19.6. The summed E-state index contributed by atoms with van der Waals surface area (Å²) in [5.41, 5.74) is 5.56. The van der Waals surface area contributed by atoms with E-state index in [0.29, 0.717) is 25.3 Å². The molecule has 148 valence electrons. The third-order valence-corrected chi connectivity index (χ3v) is 7.11. The topological polar surface area (TPSA) is 136 Å². The summed E-state index contributed by atoms with van der Waals surface area (Å²) in [6.45, 7) is 0.576. The molecule has 3 rings (SSSR count). The number of hydrogen-bond donors (Lipinski definition) is 2. The number of piperidine rings is 1. The molecule has 3 N–H and O–H groups in total. The van der Waals surface area contributed by atoms with Gasteiger partial charge in [-0.1, -0.05) is 6.42 Å². The molecule has 2 aliphatic rings. The van der Waals surface area contributed by atoms with Crippen molar-refractivity contribution in [3.05, 3.63) is 34.4 Å². The van der Waals surface area contributed by atoms with Crippen LogP contribution in [0.3, 0.4) is 0 Å². The fourth-order valence-electron chi connectivity index (χ4n) is 3.48. The SMILES string of the molecule is NCC(NC(=O)C1CCCCN1S(=O)(=O)c1ccc([N+](=O)[O-])cc1)C1CC1. The van der Waals surface area contributed by atoms with Crippen molar-refractivity contribution in [2.24, 2.45) is 11.7 Å². The van der Waals surface area contributed by atoms with Crippen LogP contribution in [-0.2, 0) is 14.8 Å². The molecule has 0 spiro atoms. The minimum atomic E-state index is -3.93. The maximum atomic E-state index is 13.0. The van der Waals surface area contributed by atoms with E-state index in [2.05, 4.69) is 5.32 Å². The van der Waals surface area contributed by atoms with Crippen molar-refractivity contribution in [2.45, 2.75) is 49.1 Å². The second kappa shape index (κ2) is 7.91. The van der Waals surface area contributed by atoms with Gasteiger partial charge in [-0.25, -0.2) is 8.42 Å². The molecule has 1 aliphatic heterocycles. The van der Waals surface area contributed by atoms with E-state index in [1.165, 1.54) is 16.4 Å². The van der Waals surface area contributed by atoms with E-state index in [0.717, 1.165) is 31.4 Å². The van der Waals surface area contributed by atoms with Gasteiger partial charge in [0.25, 0.3) is 5.69 Å². The molecule has 2 fully saturated rings. The molecule has 1 saturated carbocycles. The fraction of sp³-hybridized carbons (Fsp3) is 0.588. The third-order valence-electron chi connectivity index (χ3n) is 5.18. The number of nitrogens with two attached hydrogens (primary N) is 1. The lowest BCUT2D eigenvalue weighted by molar-refractivity contribution is -0.384. The summed E-state index contributed by atoms with van der Waals surface area (Å²) in [4.78, 5) is 22.9. The molecule has 1 heterocycles. The van der Waals surface area contributed by atoms with Gasteiger partial charge in [-0.2, -0.15) is 4.31 Å². The van der Waals surface area contributed by atoms with Crippen molar-refractivity contribution in [1.29, 1.82) is 0 Å². The molecule has 2 unspecified atom stereocenters. The van der Waals surface area contributed by atoms with Gasteiger partial charge in [0.05, 0.1) is 9.82 Å². The summed E-state index contributed by atoms with van der Waals surface area (Å²) < 4.78 is 27.3. The third kappa shape index (κ3) is 4.28. The maximum Gasteiger partial charge on any atom is 0.269 e. The normalized spacial score (nSPS) is 22.2. The highest BCUT2D eigenvalue weighted by Gasteiger charge is 2.40. The Balaban J connectivity index is 1.80. The molecule has 1 aliphatic carbocycles. The quantitative estimate of drug-likeness (QED) is 0.521. The van der Waals surface area contributed by atoms with Gasteiger partial charge < -0.3 is 11.1 Å². The van der Waals surface area contributed by atoms with Crippen molar-refractivity contribution in [3.63, 3.8) is 0 Å². The van der Waals surface area contributed by atoms with E-state index in [9.17, 15) is 23.3 Å². The lowest BCUT2D eigenvalue weighted by atomic mass is 10.0. The Morgan fingerprint density at radius 2 is 1.93 bits per heavy atom. The average molecular weight is 396 g/mol. The van der Waals surface area contributed by atoms with E-state index in [1.807, 2.05) is 0 Å². The number of rotatable bonds is 7. The van der Waals surface area contributed by atoms with Crippen LogP contribution in [-0.4, -0.2) is 48.7 Å². The highest BCUT2D eigenvalue weighted by Crippen LogP contribution is 2.33. The van der Waals surface area contributed by atoms with Crippen molar-refractivity contribution >= 4 is 21.6 Å². The van der Waals surface area contributed by atoms with Crippen LogP contribution >= 0.6 is 0 Å². The lowest BCUT2D eigenvalue weighted by Gasteiger charge is -2.34. The summed E-state index contributed by atoms with van der Waals surface area (Å²) in [5, 5.41) is 13.7. The van der Waals surface area contributed by atoms with Gasteiger partial charge in [-0.3, -0.25) is 14.9 Å². The summed E-state index contributed by atoms with van der Waals surface area (Å²) >= 11 is 0. The van der Waals surface area contributed by atoms with Crippen LogP contribution in [0.25, 0.3) is 0 Å². The number of carbonyl (C=O) groups is 1. The number of nitro benzene ring substituents is 1. The molecule has 0 aromatic heterocycles. The Kier molecular flexibility index (Phi) is 5.78. The van der Waals surface area contributed by atoms with Gasteiger partial charge in [0.2, 0.25) is 15.9 Å². The molecular weight excluding hydrogens is 372 g/mol. The monoisotopic (exact) mass is 396 g/mol. The number of nitrogens with zero attached hydrogens (tertiary/aromatic N) is 2. The van der Waals surface area contributed by atoms with Gasteiger partial charge in [0.15, 0.2) is 0 Å². The first-order valence-corrected chi connectivity index (χ1v) is 10.6. The summed E-state index contributed by atoms with van der Waals surface area (Å²) in [7, 11) is -3.93. The van der Waals surface area contributed by atoms with E-state index in [4.69, 9.17) is 5.73 Å². The predicted molar refractivity (Wildman–Crippen MR) is 98.3 cm³/mol. The van der Waals surface area contributed by atoms with E-state index >= 15 is 0 Å². The summed E-state index contributed by atoms with van der Waals surface area (Å²) in [5.74, 6) is 0.0600. The minimum Gasteiger partial charge on any atom is -0.350 e. The number of nitrogens with one attached hydrogen (secondary N) is 1. The number of amides is 1. The van der Waals surface area contributed by atoms with Gasteiger partial charge in [0, 0.05) is 31.3 Å². The van der Waals surface area contributed by atoms with Crippen molar-refractivity contribution in [1.82, 2.24) is 9.62 Å². The number of nitro groups is 1. The highest BCUT2D eigenvalue weighted by molar-refractivity contribution is 7.89. The Hall–Kier alpha value is -2.04. The molecule has 0 radical (unpaired) electrons.